The fourth-order valence-electron chi connectivity index (χ4n) is 1.08. The summed E-state index contributed by atoms with van der Waals surface area (Å²) in [6.07, 6.45) is 2.36. The minimum absolute atomic E-state index is 0.0480. The highest BCUT2D eigenvalue weighted by atomic mass is 79.9. The van der Waals surface area contributed by atoms with Gasteiger partial charge in [-0.1, -0.05) is 0 Å². The van der Waals surface area contributed by atoms with Crippen molar-refractivity contribution >= 4 is 39.1 Å². The second-order valence-electron chi connectivity index (χ2n) is 2.99. The van der Waals surface area contributed by atoms with E-state index in [-0.39, 0.29) is 35.4 Å². The Morgan fingerprint density at radius 2 is 2.17 bits per heavy atom. The first-order valence-corrected chi connectivity index (χ1v) is 6.31. The predicted octanol–water partition coefficient (Wildman–Crippen LogP) is 3.42. The van der Waals surface area contributed by atoms with Gasteiger partial charge in [-0.15, -0.1) is 0 Å². The molecule has 0 amide bonds. The summed E-state index contributed by atoms with van der Waals surface area (Å²) < 4.78 is 36.0. The number of nitrogens with one attached hydrogen (secondary N) is 1. The largest absolute Gasteiger partial charge is 0.441 e. The smallest absolute Gasteiger partial charge is 0.378 e. The highest BCUT2D eigenvalue weighted by molar-refractivity contribution is 9.10. The molecule has 0 aromatic carbocycles. The van der Waals surface area contributed by atoms with E-state index in [0.29, 0.717) is 4.47 Å². The molecule has 10 heteroatoms. The minimum Gasteiger partial charge on any atom is -0.378 e. The standard InChI is InChI=1S/C8H7BrF3N3O2S/c9-5-3-13-4-6(15(16)17)7(5)14-1-2-18-8(10,11)12/h3-4H,1-2H2,(H,13,14). The number of alkyl halides is 3. The molecule has 0 fully saturated rings. The SMILES string of the molecule is O=[N+]([O-])c1cncc(Br)c1NCCSC(F)(F)F. The quantitative estimate of drug-likeness (QED) is 0.503. The maximum absolute atomic E-state index is 11.9. The van der Waals surface area contributed by atoms with Gasteiger partial charge >= 0.3 is 11.2 Å². The normalized spacial score (nSPS) is 11.3. The molecule has 0 atom stereocenters. The van der Waals surface area contributed by atoms with Crippen molar-refractivity contribution in [2.24, 2.45) is 0 Å². The lowest BCUT2D eigenvalue weighted by Crippen LogP contribution is -2.11. The van der Waals surface area contributed by atoms with Crippen molar-refractivity contribution in [2.75, 3.05) is 17.6 Å². The van der Waals surface area contributed by atoms with Gasteiger partial charge < -0.3 is 5.32 Å². The van der Waals surface area contributed by atoms with E-state index in [4.69, 9.17) is 0 Å². The molecule has 1 rings (SSSR count). The van der Waals surface area contributed by atoms with Gasteiger partial charge in [-0.25, -0.2) is 0 Å². The maximum atomic E-state index is 11.9. The van der Waals surface area contributed by atoms with Crippen LogP contribution in [0.4, 0.5) is 24.5 Å². The monoisotopic (exact) mass is 345 g/mol. The summed E-state index contributed by atoms with van der Waals surface area (Å²) in [4.78, 5) is 13.6. The number of anilines is 1. The molecule has 0 saturated heterocycles. The van der Waals surface area contributed by atoms with Crippen LogP contribution in [-0.4, -0.2) is 27.7 Å². The third-order valence-electron chi connectivity index (χ3n) is 1.75. The van der Waals surface area contributed by atoms with E-state index < -0.39 is 10.4 Å². The average Bonchev–Trinajstić information content (AvgIpc) is 2.24. The van der Waals surface area contributed by atoms with Crippen LogP contribution in [0.25, 0.3) is 0 Å². The van der Waals surface area contributed by atoms with Gasteiger partial charge in [0.05, 0.1) is 9.40 Å². The Morgan fingerprint density at radius 1 is 1.50 bits per heavy atom. The number of aromatic nitrogens is 1. The number of thioether (sulfide) groups is 1. The van der Waals surface area contributed by atoms with Crippen LogP contribution < -0.4 is 5.32 Å². The summed E-state index contributed by atoms with van der Waals surface area (Å²) in [7, 11) is 0. The summed E-state index contributed by atoms with van der Waals surface area (Å²) >= 11 is 2.86. The van der Waals surface area contributed by atoms with Gasteiger partial charge in [0.25, 0.3) is 0 Å². The molecular formula is C8H7BrF3N3O2S. The van der Waals surface area contributed by atoms with E-state index in [0.717, 1.165) is 6.20 Å². The van der Waals surface area contributed by atoms with Gasteiger partial charge in [0, 0.05) is 18.5 Å². The van der Waals surface area contributed by atoms with Crippen LogP contribution in [0.5, 0.6) is 0 Å². The lowest BCUT2D eigenvalue weighted by Gasteiger charge is -2.09. The Kier molecular flexibility index (Phi) is 5.20. The molecule has 0 radical (unpaired) electrons. The third-order valence-corrected chi connectivity index (χ3v) is 3.08. The van der Waals surface area contributed by atoms with Crippen LogP contribution in [0.2, 0.25) is 0 Å². The molecule has 1 heterocycles. The summed E-state index contributed by atoms with van der Waals surface area (Å²) in [5, 5.41) is 13.3. The Morgan fingerprint density at radius 3 is 2.72 bits per heavy atom. The van der Waals surface area contributed by atoms with E-state index in [9.17, 15) is 23.3 Å². The summed E-state index contributed by atoms with van der Waals surface area (Å²) in [5.41, 5.74) is -4.47. The predicted molar refractivity (Wildman–Crippen MR) is 65.6 cm³/mol. The maximum Gasteiger partial charge on any atom is 0.441 e. The van der Waals surface area contributed by atoms with Crippen molar-refractivity contribution in [3.05, 3.63) is 27.0 Å². The molecule has 18 heavy (non-hydrogen) atoms. The molecule has 1 aromatic heterocycles. The number of nitrogens with zero attached hydrogens (tertiary/aromatic N) is 2. The molecule has 0 unspecified atom stereocenters. The zero-order valence-electron chi connectivity index (χ0n) is 8.70. The Balaban J connectivity index is 2.64. The van der Waals surface area contributed by atoms with Crippen LogP contribution in [0.3, 0.4) is 0 Å². The van der Waals surface area contributed by atoms with Gasteiger partial charge in [-0.2, -0.15) is 13.2 Å². The molecule has 5 nitrogen and oxygen atoms in total. The number of hydrogen-bond donors (Lipinski definition) is 1. The zero-order valence-corrected chi connectivity index (χ0v) is 11.1. The third kappa shape index (κ3) is 4.69. The minimum atomic E-state index is -4.30. The number of pyridine rings is 1. The fourth-order valence-corrected chi connectivity index (χ4v) is 1.98. The van der Waals surface area contributed by atoms with Crippen LogP contribution >= 0.6 is 27.7 Å². The molecule has 0 aliphatic heterocycles. The first-order chi connectivity index (χ1) is 8.31. The molecule has 100 valence electrons. The van der Waals surface area contributed by atoms with Crippen molar-refractivity contribution in [3.8, 4) is 0 Å². The van der Waals surface area contributed by atoms with Crippen LogP contribution in [-0.2, 0) is 0 Å². The Bertz CT molecular complexity index is 444. The molecule has 0 aliphatic carbocycles. The van der Waals surface area contributed by atoms with E-state index >= 15 is 0 Å². The zero-order chi connectivity index (χ0) is 13.8. The lowest BCUT2D eigenvalue weighted by atomic mass is 10.3. The first kappa shape index (κ1) is 15.0. The van der Waals surface area contributed by atoms with Crippen molar-refractivity contribution in [2.45, 2.75) is 5.51 Å². The van der Waals surface area contributed by atoms with E-state index in [1.807, 2.05) is 0 Å². The van der Waals surface area contributed by atoms with E-state index in [1.54, 1.807) is 0 Å². The number of nitro groups is 1. The van der Waals surface area contributed by atoms with Gasteiger partial charge in [-0.05, 0) is 27.7 Å². The lowest BCUT2D eigenvalue weighted by molar-refractivity contribution is -0.384. The number of halogens is 4. The average molecular weight is 346 g/mol. The van der Waals surface area contributed by atoms with Crippen molar-refractivity contribution in [3.63, 3.8) is 0 Å². The summed E-state index contributed by atoms with van der Waals surface area (Å²) in [6, 6.07) is 0. The summed E-state index contributed by atoms with van der Waals surface area (Å²) in [5.74, 6) is -0.241. The van der Waals surface area contributed by atoms with Gasteiger partial charge in [0.2, 0.25) is 0 Å². The second kappa shape index (κ2) is 6.23. The van der Waals surface area contributed by atoms with Crippen molar-refractivity contribution < 1.29 is 18.1 Å². The first-order valence-electron chi connectivity index (χ1n) is 4.53. The Hall–Kier alpha value is -1.03. The van der Waals surface area contributed by atoms with Crippen molar-refractivity contribution in [1.82, 2.24) is 4.98 Å². The van der Waals surface area contributed by atoms with Crippen molar-refractivity contribution in [1.29, 1.82) is 0 Å². The number of hydrogen-bond acceptors (Lipinski definition) is 5. The second-order valence-corrected chi connectivity index (χ2v) is 5.01. The Labute approximate surface area is 112 Å². The molecule has 0 saturated carbocycles. The van der Waals surface area contributed by atoms with Crippen LogP contribution in [0.15, 0.2) is 16.9 Å². The molecule has 0 aliphatic rings. The highest BCUT2D eigenvalue weighted by Gasteiger charge is 2.27. The van der Waals surface area contributed by atoms with Gasteiger partial charge in [-0.3, -0.25) is 15.1 Å². The van der Waals surface area contributed by atoms with Gasteiger partial charge in [0.15, 0.2) is 0 Å². The molecule has 0 spiro atoms. The summed E-state index contributed by atoms with van der Waals surface area (Å²) in [6.45, 7) is -0.0480. The van der Waals surface area contributed by atoms with Gasteiger partial charge in [0.1, 0.15) is 11.9 Å². The molecule has 1 N–H and O–H groups in total. The van der Waals surface area contributed by atoms with E-state index in [1.165, 1.54) is 6.20 Å². The van der Waals surface area contributed by atoms with Crippen LogP contribution in [0.1, 0.15) is 0 Å². The van der Waals surface area contributed by atoms with E-state index in [2.05, 4.69) is 26.2 Å². The molecule has 0 bridgehead atoms. The topological polar surface area (TPSA) is 68.1 Å². The highest BCUT2D eigenvalue weighted by Crippen LogP contribution is 2.32. The molecular weight excluding hydrogens is 339 g/mol. The fraction of sp³-hybridized carbons (Fsp3) is 0.375. The number of rotatable bonds is 5. The van der Waals surface area contributed by atoms with Crippen LogP contribution in [0, 0.1) is 10.1 Å². The molecule has 1 aromatic rings.